The van der Waals surface area contributed by atoms with Crippen molar-refractivity contribution in [2.24, 2.45) is 5.92 Å². The van der Waals surface area contributed by atoms with Gasteiger partial charge in [-0.15, -0.1) is 0 Å². The van der Waals surface area contributed by atoms with Crippen LogP contribution >= 0.6 is 0 Å². The van der Waals surface area contributed by atoms with Crippen LogP contribution in [0.5, 0.6) is 0 Å². The van der Waals surface area contributed by atoms with Gasteiger partial charge in [0.25, 0.3) is 0 Å². The van der Waals surface area contributed by atoms with E-state index in [-0.39, 0.29) is 5.75 Å². The largest absolute Gasteiger partial charge is 0.313 e. The van der Waals surface area contributed by atoms with Gasteiger partial charge in [-0.1, -0.05) is 13.8 Å². The van der Waals surface area contributed by atoms with Crippen molar-refractivity contribution in [3.8, 4) is 0 Å². The number of sulfonamides is 1. The summed E-state index contributed by atoms with van der Waals surface area (Å²) in [4.78, 5) is 0. The van der Waals surface area contributed by atoms with Crippen LogP contribution in [0.4, 0.5) is 0 Å². The monoisotopic (exact) mass is 246 g/mol. The van der Waals surface area contributed by atoms with Crippen molar-refractivity contribution in [3.63, 3.8) is 0 Å². The molecule has 94 valence electrons. The molecule has 2 atom stereocenters. The highest BCUT2D eigenvalue weighted by Crippen LogP contribution is 2.38. The summed E-state index contributed by atoms with van der Waals surface area (Å²) in [5.74, 6) is 0.881. The number of hydrogen-bond acceptors (Lipinski definition) is 3. The molecule has 2 unspecified atom stereocenters. The van der Waals surface area contributed by atoms with E-state index < -0.39 is 10.0 Å². The minimum absolute atomic E-state index is 0.244. The Kier molecular flexibility index (Phi) is 3.56. The average molecular weight is 246 g/mol. The molecule has 1 heterocycles. The van der Waals surface area contributed by atoms with Gasteiger partial charge in [-0.05, 0) is 25.2 Å². The molecule has 2 bridgehead atoms. The third kappa shape index (κ3) is 2.57. The zero-order chi connectivity index (χ0) is 11.8. The Hall–Kier alpha value is -0.130. The van der Waals surface area contributed by atoms with Crippen molar-refractivity contribution in [2.75, 3.05) is 18.8 Å². The third-order valence-electron chi connectivity index (χ3n) is 3.63. The van der Waals surface area contributed by atoms with Gasteiger partial charge in [-0.25, -0.2) is 8.42 Å². The zero-order valence-corrected chi connectivity index (χ0v) is 11.0. The second kappa shape index (κ2) is 4.63. The highest BCUT2D eigenvalue weighted by molar-refractivity contribution is 7.89. The van der Waals surface area contributed by atoms with Gasteiger partial charge in [0.1, 0.15) is 0 Å². The molecule has 2 aliphatic rings. The number of nitrogens with one attached hydrogen (secondary N) is 1. The van der Waals surface area contributed by atoms with E-state index in [4.69, 9.17) is 0 Å². The second-order valence-corrected chi connectivity index (χ2v) is 7.37. The topological polar surface area (TPSA) is 49.4 Å². The Bertz CT molecular complexity index is 340. The SMILES string of the molecule is CC(C)NCCS(=O)(=O)N1CC2CCC1C2. The van der Waals surface area contributed by atoms with Crippen LogP contribution in [0.2, 0.25) is 0 Å². The standard InChI is InChI=1S/C11H22N2O2S/c1-9(2)12-5-6-16(14,15)13-8-10-3-4-11(13)7-10/h9-12H,3-8H2,1-2H3. The molecule has 2 fully saturated rings. The average Bonchev–Trinajstić information content (AvgIpc) is 2.77. The Labute approximate surface area is 98.4 Å². The fourth-order valence-electron chi connectivity index (χ4n) is 2.81. The van der Waals surface area contributed by atoms with Crippen LogP contribution in [0.25, 0.3) is 0 Å². The van der Waals surface area contributed by atoms with E-state index in [1.54, 1.807) is 4.31 Å². The van der Waals surface area contributed by atoms with Crippen LogP contribution in [0, 0.1) is 5.92 Å². The highest BCUT2D eigenvalue weighted by Gasteiger charge is 2.43. The zero-order valence-electron chi connectivity index (χ0n) is 10.1. The first kappa shape index (κ1) is 12.3. The lowest BCUT2D eigenvalue weighted by molar-refractivity contribution is 0.333. The minimum Gasteiger partial charge on any atom is -0.313 e. The van der Waals surface area contributed by atoms with Gasteiger partial charge in [0.2, 0.25) is 10.0 Å². The van der Waals surface area contributed by atoms with E-state index in [9.17, 15) is 8.42 Å². The maximum absolute atomic E-state index is 12.1. The summed E-state index contributed by atoms with van der Waals surface area (Å²) < 4.78 is 25.9. The molecule has 16 heavy (non-hydrogen) atoms. The first-order chi connectivity index (χ1) is 7.49. The predicted octanol–water partition coefficient (Wildman–Crippen LogP) is 0.798. The van der Waals surface area contributed by atoms with E-state index in [2.05, 4.69) is 5.32 Å². The van der Waals surface area contributed by atoms with Gasteiger partial charge in [0.15, 0.2) is 0 Å². The van der Waals surface area contributed by atoms with Crippen LogP contribution in [0.3, 0.4) is 0 Å². The molecular weight excluding hydrogens is 224 g/mol. The van der Waals surface area contributed by atoms with Gasteiger partial charge >= 0.3 is 0 Å². The van der Waals surface area contributed by atoms with Crippen LogP contribution in [-0.4, -0.2) is 43.6 Å². The third-order valence-corrected chi connectivity index (χ3v) is 5.51. The summed E-state index contributed by atoms with van der Waals surface area (Å²) in [5, 5.41) is 3.16. The fraction of sp³-hybridized carbons (Fsp3) is 1.00. The molecule has 1 aliphatic carbocycles. The van der Waals surface area contributed by atoms with Crippen LogP contribution in [0.1, 0.15) is 33.1 Å². The molecule has 4 nitrogen and oxygen atoms in total. The summed E-state index contributed by atoms with van der Waals surface area (Å²) in [5.41, 5.74) is 0. The first-order valence-electron chi connectivity index (χ1n) is 6.22. The molecular formula is C11H22N2O2S. The Morgan fingerprint density at radius 1 is 1.38 bits per heavy atom. The molecule has 0 aromatic carbocycles. The Balaban J connectivity index is 1.88. The lowest BCUT2D eigenvalue weighted by Crippen LogP contribution is -2.41. The Morgan fingerprint density at radius 2 is 2.12 bits per heavy atom. The molecule has 1 aliphatic heterocycles. The molecule has 2 rings (SSSR count). The van der Waals surface area contributed by atoms with E-state index in [1.165, 1.54) is 6.42 Å². The van der Waals surface area contributed by atoms with Crippen molar-refractivity contribution in [1.29, 1.82) is 0 Å². The smallest absolute Gasteiger partial charge is 0.215 e. The fourth-order valence-corrected chi connectivity index (χ4v) is 4.51. The summed E-state index contributed by atoms with van der Waals surface area (Å²) in [7, 11) is -3.02. The molecule has 0 radical (unpaired) electrons. The molecule has 5 heteroatoms. The number of nitrogens with zero attached hydrogens (tertiary/aromatic N) is 1. The van der Waals surface area contributed by atoms with Crippen LogP contribution < -0.4 is 5.32 Å². The molecule has 0 aromatic rings. The molecule has 1 saturated carbocycles. The predicted molar refractivity (Wildman–Crippen MR) is 64.8 cm³/mol. The molecule has 1 saturated heterocycles. The van der Waals surface area contributed by atoms with Crippen molar-refractivity contribution < 1.29 is 8.42 Å². The molecule has 0 spiro atoms. The lowest BCUT2D eigenvalue weighted by atomic mass is 10.1. The van der Waals surface area contributed by atoms with Crippen LogP contribution in [-0.2, 0) is 10.0 Å². The quantitative estimate of drug-likeness (QED) is 0.780. The van der Waals surface area contributed by atoms with E-state index in [0.29, 0.717) is 24.5 Å². The summed E-state index contributed by atoms with van der Waals surface area (Å²) in [6, 6.07) is 0.666. The summed E-state index contributed by atoms with van der Waals surface area (Å²) >= 11 is 0. The van der Waals surface area contributed by atoms with Crippen LogP contribution in [0.15, 0.2) is 0 Å². The highest BCUT2D eigenvalue weighted by atomic mass is 32.2. The maximum atomic E-state index is 12.1. The lowest BCUT2D eigenvalue weighted by Gasteiger charge is -2.26. The number of rotatable bonds is 5. The second-order valence-electron chi connectivity index (χ2n) is 5.33. The molecule has 0 aromatic heterocycles. The van der Waals surface area contributed by atoms with Crippen molar-refractivity contribution in [3.05, 3.63) is 0 Å². The van der Waals surface area contributed by atoms with Crippen molar-refractivity contribution in [1.82, 2.24) is 9.62 Å². The summed E-state index contributed by atoms with van der Waals surface area (Å²) in [6.07, 6.45) is 3.39. The number of piperidine rings is 1. The minimum atomic E-state index is -3.02. The van der Waals surface area contributed by atoms with Gasteiger partial charge in [0, 0.05) is 25.2 Å². The van der Waals surface area contributed by atoms with Gasteiger partial charge in [0.05, 0.1) is 5.75 Å². The number of fused-ring (bicyclic) bond motifs is 2. The molecule has 0 amide bonds. The van der Waals surface area contributed by atoms with Gasteiger partial charge in [-0.3, -0.25) is 0 Å². The van der Waals surface area contributed by atoms with E-state index >= 15 is 0 Å². The van der Waals surface area contributed by atoms with Gasteiger partial charge in [-0.2, -0.15) is 4.31 Å². The van der Waals surface area contributed by atoms with Crippen molar-refractivity contribution >= 4 is 10.0 Å². The summed E-state index contributed by atoms with van der Waals surface area (Å²) in [6.45, 7) is 5.40. The molecule has 1 N–H and O–H groups in total. The normalized spacial score (nSPS) is 30.4. The van der Waals surface area contributed by atoms with Crippen molar-refractivity contribution in [2.45, 2.75) is 45.2 Å². The van der Waals surface area contributed by atoms with E-state index in [0.717, 1.165) is 19.4 Å². The number of hydrogen-bond donors (Lipinski definition) is 1. The maximum Gasteiger partial charge on any atom is 0.215 e. The first-order valence-corrected chi connectivity index (χ1v) is 7.83. The van der Waals surface area contributed by atoms with E-state index in [1.807, 2.05) is 13.8 Å². The van der Waals surface area contributed by atoms with Gasteiger partial charge < -0.3 is 5.32 Å². The Morgan fingerprint density at radius 3 is 2.62 bits per heavy atom.